The van der Waals surface area contributed by atoms with Crippen molar-refractivity contribution in [2.24, 2.45) is 0 Å². The molecule has 16 heavy (non-hydrogen) atoms. The lowest BCUT2D eigenvalue weighted by Gasteiger charge is -2.19. The SMILES string of the molecule is CC(C)(C)c1cccc(Oc2nnns2)c1. The van der Waals surface area contributed by atoms with Crippen molar-refractivity contribution in [1.82, 2.24) is 14.8 Å². The van der Waals surface area contributed by atoms with Crippen LogP contribution in [0.4, 0.5) is 0 Å². The van der Waals surface area contributed by atoms with Gasteiger partial charge in [-0.1, -0.05) is 42.5 Å². The third kappa shape index (κ3) is 2.55. The van der Waals surface area contributed by atoms with Gasteiger partial charge in [0.2, 0.25) is 0 Å². The molecule has 0 saturated heterocycles. The number of nitrogens with zero attached hydrogens (tertiary/aromatic N) is 3. The van der Waals surface area contributed by atoms with Crippen LogP contribution < -0.4 is 4.74 Å². The molecule has 1 heterocycles. The molecule has 84 valence electrons. The second-order valence-electron chi connectivity index (χ2n) is 4.51. The van der Waals surface area contributed by atoms with Crippen LogP contribution in [0.2, 0.25) is 0 Å². The van der Waals surface area contributed by atoms with E-state index in [1.165, 1.54) is 5.56 Å². The van der Waals surface area contributed by atoms with Crippen LogP contribution in [0.1, 0.15) is 26.3 Å². The molecular weight excluding hydrogens is 222 g/mol. The Morgan fingerprint density at radius 1 is 1.25 bits per heavy atom. The monoisotopic (exact) mass is 235 g/mol. The molecule has 0 aliphatic heterocycles. The third-order valence-electron chi connectivity index (χ3n) is 2.19. The molecule has 1 aromatic heterocycles. The number of hydrogen-bond acceptors (Lipinski definition) is 5. The first-order valence-corrected chi connectivity index (χ1v) is 5.76. The summed E-state index contributed by atoms with van der Waals surface area (Å²) in [6.07, 6.45) is 0. The predicted octanol–water partition coefficient (Wildman–Crippen LogP) is 3.02. The molecule has 1 aromatic carbocycles. The van der Waals surface area contributed by atoms with Crippen LogP contribution >= 0.6 is 11.5 Å². The molecule has 5 heteroatoms. The van der Waals surface area contributed by atoms with Gasteiger partial charge in [0.1, 0.15) is 5.75 Å². The van der Waals surface area contributed by atoms with E-state index in [0.717, 1.165) is 17.3 Å². The Hall–Kier alpha value is -1.49. The zero-order valence-corrected chi connectivity index (χ0v) is 10.3. The minimum Gasteiger partial charge on any atom is -0.429 e. The summed E-state index contributed by atoms with van der Waals surface area (Å²) < 4.78 is 9.18. The van der Waals surface area contributed by atoms with Crippen LogP contribution in [0, 0.1) is 0 Å². The van der Waals surface area contributed by atoms with Gasteiger partial charge in [-0.25, -0.2) is 0 Å². The molecule has 0 aliphatic carbocycles. The van der Waals surface area contributed by atoms with E-state index in [1.54, 1.807) is 0 Å². The second-order valence-corrected chi connectivity index (χ2v) is 5.20. The maximum absolute atomic E-state index is 5.54. The molecule has 0 amide bonds. The Morgan fingerprint density at radius 3 is 2.69 bits per heavy atom. The summed E-state index contributed by atoms with van der Waals surface area (Å²) in [6.45, 7) is 6.50. The van der Waals surface area contributed by atoms with Crippen LogP contribution in [-0.2, 0) is 5.41 Å². The molecule has 0 spiro atoms. The van der Waals surface area contributed by atoms with E-state index in [-0.39, 0.29) is 5.41 Å². The van der Waals surface area contributed by atoms with Crippen LogP contribution in [0.15, 0.2) is 24.3 Å². The highest BCUT2D eigenvalue weighted by Gasteiger charge is 2.14. The first-order valence-electron chi connectivity index (χ1n) is 4.99. The Labute approximate surface area is 98.4 Å². The maximum Gasteiger partial charge on any atom is 0.319 e. The van der Waals surface area contributed by atoms with Crippen molar-refractivity contribution < 1.29 is 4.74 Å². The molecule has 4 nitrogen and oxygen atoms in total. The molecule has 2 aromatic rings. The van der Waals surface area contributed by atoms with Gasteiger partial charge in [0, 0.05) is 11.5 Å². The number of rotatable bonds is 2. The molecular formula is C11H13N3OS. The number of hydrogen-bond donors (Lipinski definition) is 0. The van der Waals surface area contributed by atoms with Crippen molar-refractivity contribution >= 4 is 11.5 Å². The van der Waals surface area contributed by atoms with E-state index in [1.807, 2.05) is 18.2 Å². The Kier molecular flexibility index (Phi) is 2.87. The summed E-state index contributed by atoms with van der Waals surface area (Å²) in [4.78, 5) is 0. The van der Waals surface area contributed by atoms with E-state index >= 15 is 0 Å². The fraction of sp³-hybridized carbons (Fsp3) is 0.364. The van der Waals surface area contributed by atoms with Gasteiger partial charge in [-0.2, -0.15) is 0 Å². The van der Waals surface area contributed by atoms with Crippen molar-refractivity contribution in [2.75, 3.05) is 0 Å². The summed E-state index contributed by atoms with van der Waals surface area (Å²) in [6, 6.07) is 7.98. The Bertz CT molecular complexity index is 462. The molecule has 0 saturated carbocycles. The van der Waals surface area contributed by atoms with E-state index in [0.29, 0.717) is 5.19 Å². The molecule has 0 radical (unpaired) electrons. The molecule has 0 bridgehead atoms. The summed E-state index contributed by atoms with van der Waals surface area (Å²) in [5, 5.41) is 7.69. The van der Waals surface area contributed by atoms with Gasteiger partial charge < -0.3 is 4.74 Å². The van der Waals surface area contributed by atoms with Crippen molar-refractivity contribution in [3.63, 3.8) is 0 Å². The zero-order valence-electron chi connectivity index (χ0n) is 9.47. The Balaban J connectivity index is 2.23. The minimum absolute atomic E-state index is 0.110. The smallest absolute Gasteiger partial charge is 0.319 e. The third-order valence-corrected chi connectivity index (χ3v) is 2.66. The first kappa shape index (κ1) is 11.0. The van der Waals surface area contributed by atoms with Crippen molar-refractivity contribution in [3.05, 3.63) is 29.8 Å². The molecule has 0 unspecified atom stereocenters. The van der Waals surface area contributed by atoms with Gasteiger partial charge in [-0.3, -0.25) is 0 Å². The largest absolute Gasteiger partial charge is 0.429 e. The lowest BCUT2D eigenvalue weighted by Crippen LogP contribution is -2.10. The van der Waals surface area contributed by atoms with E-state index in [2.05, 4.69) is 41.6 Å². The van der Waals surface area contributed by atoms with Crippen LogP contribution in [0.3, 0.4) is 0 Å². The summed E-state index contributed by atoms with van der Waals surface area (Å²) in [7, 11) is 0. The average molecular weight is 235 g/mol. The predicted molar refractivity (Wildman–Crippen MR) is 62.9 cm³/mol. The van der Waals surface area contributed by atoms with Gasteiger partial charge in [0.25, 0.3) is 0 Å². The second kappa shape index (κ2) is 4.17. The lowest BCUT2D eigenvalue weighted by molar-refractivity contribution is 0.469. The summed E-state index contributed by atoms with van der Waals surface area (Å²) >= 11 is 1.14. The maximum atomic E-state index is 5.54. The average Bonchev–Trinajstić information content (AvgIpc) is 2.70. The summed E-state index contributed by atoms with van der Waals surface area (Å²) in [5.74, 6) is 0.769. The number of benzene rings is 1. The van der Waals surface area contributed by atoms with E-state index in [4.69, 9.17) is 4.74 Å². The van der Waals surface area contributed by atoms with Crippen LogP contribution in [-0.4, -0.2) is 14.8 Å². The van der Waals surface area contributed by atoms with Crippen molar-refractivity contribution in [2.45, 2.75) is 26.2 Å². The fourth-order valence-corrected chi connectivity index (χ4v) is 1.64. The highest BCUT2D eigenvalue weighted by atomic mass is 32.1. The standard InChI is InChI=1S/C11H13N3OS/c1-11(2,3)8-5-4-6-9(7-8)15-10-12-13-14-16-10/h4-7H,1-3H3. The minimum atomic E-state index is 0.110. The van der Waals surface area contributed by atoms with E-state index in [9.17, 15) is 0 Å². The molecule has 0 aliphatic rings. The van der Waals surface area contributed by atoms with Crippen LogP contribution in [0.5, 0.6) is 10.9 Å². The molecule has 0 atom stereocenters. The highest BCUT2D eigenvalue weighted by molar-refractivity contribution is 7.07. The van der Waals surface area contributed by atoms with Crippen LogP contribution in [0.25, 0.3) is 0 Å². The van der Waals surface area contributed by atoms with Gasteiger partial charge in [-0.15, -0.1) is 0 Å². The quantitative estimate of drug-likeness (QED) is 0.802. The summed E-state index contributed by atoms with van der Waals surface area (Å²) in [5.41, 5.74) is 1.33. The molecule has 0 fully saturated rings. The number of aromatic nitrogens is 3. The highest BCUT2D eigenvalue weighted by Crippen LogP contribution is 2.28. The first-order chi connectivity index (χ1) is 7.55. The van der Waals surface area contributed by atoms with Gasteiger partial charge in [-0.05, 0) is 28.3 Å². The van der Waals surface area contributed by atoms with Crippen molar-refractivity contribution in [1.29, 1.82) is 0 Å². The van der Waals surface area contributed by atoms with E-state index < -0.39 is 0 Å². The molecule has 2 rings (SSSR count). The lowest BCUT2D eigenvalue weighted by atomic mass is 9.87. The normalized spacial score (nSPS) is 11.4. The molecule has 0 N–H and O–H groups in total. The fourth-order valence-electron chi connectivity index (χ4n) is 1.29. The topological polar surface area (TPSA) is 47.9 Å². The van der Waals surface area contributed by atoms with Gasteiger partial charge >= 0.3 is 5.19 Å². The number of ether oxygens (including phenoxy) is 1. The Morgan fingerprint density at radius 2 is 2.06 bits per heavy atom. The zero-order chi connectivity index (χ0) is 11.6. The van der Waals surface area contributed by atoms with Crippen molar-refractivity contribution in [3.8, 4) is 10.9 Å². The van der Waals surface area contributed by atoms with Gasteiger partial charge in [0.15, 0.2) is 0 Å². The van der Waals surface area contributed by atoms with Gasteiger partial charge in [0.05, 0.1) is 0 Å².